The molecule has 0 fully saturated rings. The van der Waals surface area contributed by atoms with Crippen molar-refractivity contribution in [2.24, 2.45) is 0 Å². The zero-order valence-corrected chi connectivity index (χ0v) is 9.21. The van der Waals surface area contributed by atoms with E-state index in [0.29, 0.717) is 18.1 Å². The van der Waals surface area contributed by atoms with E-state index < -0.39 is 5.60 Å². The molecule has 1 rings (SSSR count). The number of nitrogens with zero attached hydrogens (tertiary/aromatic N) is 2. The Hall–Kier alpha value is -0.810. The quantitative estimate of drug-likeness (QED) is 0.764. The largest absolute Gasteiger partial charge is 0.387 e. The minimum absolute atomic E-state index is 0.479. The van der Waals surface area contributed by atoms with Crippen LogP contribution in [0, 0.1) is 0 Å². The van der Waals surface area contributed by atoms with E-state index in [1.54, 1.807) is 37.3 Å². The fourth-order valence-electron chi connectivity index (χ4n) is 1.03. The van der Waals surface area contributed by atoms with Crippen LogP contribution in [0.4, 0.5) is 5.82 Å². The number of hydrogen-bond acceptors (Lipinski definition) is 5. The molecule has 0 amide bonds. The van der Waals surface area contributed by atoms with Gasteiger partial charge in [0.25, 0.3) is 0 Å². The Morgan fingerprint density at radius 2 is 2.36 bits per heavy atom. The summed E-state index contributed by atoms with van der Waals surface area (Å²) in [6, 6.07) is 0. The van der Waals surface area contributed by atoms with Crippen molar-refractivity contribution in [3.63, 3.8) is 0 Å². The maximum atomic E-state index is 9.84. The van der Waals surface area contributed by atoms with Crippen LogP contribution in [-0.4, -0.2) is 39.2 Å². The van der Waals surface area contributed by atoms with Crippen molar-refractivity contribution in [1.29, 1.82) is 0 Å². The molecule has 0 spiro atoms. The molecule has 5 heteroatoms. The second-order valence-electron chi connectivity index (χ2n) is 3.37. The standard InChI is InChI=1S/C9H15N3OS/c1-9(13,7-14-2)6-12-8-5-10-3-4-11-8/h3-5,13H,6-7H2,1-2H3,(H,11,12). The fraction of sp³-hybridized carbons (Fsp3) is 0.556. The first kappa shape index (κ1) is 11.3. The molecule has 0 bridgehead atoms. The zero-order chi connectivity index (χ0) is 10.4. The number of thioether (sulfide) groups is 1. The third-order valence-electron chi connectivity index (χ3n) is 1.67. The molecular weight excluding hydrogens is 198 g/mol. The summed E-state index contributed by atoms with van der Waals surface area (Å²) < 4.78 is 0. The van der Waals surface area contributed by atoms with Gasteiger partial charge in [0.1, 0.15) is 5.82 Å². The van der Waals surface area contributed by atoms with Crippen LogP contribution in [0.5, 0.6) is 0 Å². The van der Waals surface area contributed by atoms with Crippen LogP contribution in [0.1, 0.15) is 6.92 Å². The van der Waals surface area contributed by atoms with Gasteiger partial charge in [-0.05, 0) is 13.2 Å². The summed E-state index contributed by atoms with van der Waals surface area (Å²) in [5, 5.41) is 12.9. The van der Waals surface area contributed by atoms with Crippen molar-refractivity contribution < 1.29 is 5.11 Å². The van der Waals surface area contributed by atoms with Crippen LogP contribution in [-0.2, 0) is 0 Å². The molecule has 0 aliphatic carbocycles. The van der Waals surface area contributed by atoms with Crippen LogP contribution in [0.2, 0.25) is 0 Å². The second kappa shape index (κ2) is 5.17. The molecule has 1 aromatic rings. The van der Waals surface area contributed by atoms with Gasteiger partial charge in [0.15, 0.2) is 0 Å². The Bertz CT molecular complexity index is 266. The maximum absolute atomic E-state index is 9.84. The molecule has 2 N–H and O–H groups in total. The van der Waals surface area contributed by atoms with Gasteiger partial charge in [-0.3, -0.25) is 4.98 Å². The first-order valence-electron chi connectivity index (χ1n) is 4.35. The lowest BCUT2D eigenvalue weighted by atomic mass is 10.1. The highest BCUT2D eigenvalue weighted by Gasteiger charge is 2.18. The molecule has 1 heterocycles. The van der Waals surface area contributed by atoms with E-state index in [1.807, 2.05) is 6.26 Å². The van der Waals surface area contributed by atoms with Crippen molar-refractivity contribution in [3.05, 3.63) is 18.6 Å². The van der Waals surface area contributed by atoms with Crippen LogP contribution in [0.25, 0.3) is 0 Å². The summed E-state index contributed by atoms with van der Waals surface area (Å²) in [7, 11) is 0. The third-order valence-corrected chi connectivity index (χ3v) is 2.58. The Balaban J connectivity index is 2.40. The molecule has 14 heavy (non-hydrogen) atoms. The van der Waals surface area contributed by atoms with Crippen LogP contribution in [0.15, 0.2) is 18.6 Å². The fourth-order valence-corrected chi connectivity index (χ4v) is 1.76. The average molecular weight is 213 g/mol. The predicted molar refractivity (Wildman–Crippen MR) is 59.5 cm³/mol. The lowest BCUT2D eigenvalue weighted by Crippen LogP contribution is -2.36. The molecule has 1 atom stereocenters. The first-order valence-corrected chi connectivity index (χ1v) is 5.75. The van der Waals surface area contributed by atoms with Gasteiger partial charge in [0, 0.05) is 24.7 Å². The Morgan fingerprint density at radius 3 is 2.93 bits per heavy atom. The summed E-state index contributed by atoms with van der Waals surface area (Å²) in [5.41, 5.74) is -0.711. The molecular formula is C9H15N3OS. The predicted octanol–water partition coefficient (Wildman–Crippen LogP) is 1.00. The van der Waals surface area contributed by atoms with E-state index in [2.05, 4.69) is 15.3 Å². The van der Waals surface area contributed by atoms with Gasteiger partial charge in [0.2, 0.25) is 0 Å². The molecule has 1 aromatic heterocycles. The van der Waals surface area contributed by atoms with Gasteiger partial charge in [-0.2, -0.15) is 11.8 Å². The van der Waals surface area contributed by atoms with Gasteiger partial charge < -0.3 is 10.4 Å². The van der Waals surface area contributed by atoms with E-state index in [9.17, 15) is 5.11 Å². The summed E-state index contributed by atoms with van der Waals surface area (Å²) in [6.45, 7) is 2.28. The van der Waals surface area contributed by atoms with Gasteiger partial charge in [-0.15, -0.1) is 0 Å². The third kappa shape index (κ3) is 3.93. The van der Waals surface area contributed by atoms with Crippen LogP contribution >= 0.6 is 11.8 Å². The van der Waals surface area contributed by atoms with Crippen molar-refractivity contribution in [3.8, 4) is 0 Å². The number of aliphatic hydroxyl groups is 1. The highest BCUT2D eigenvalue weighted by molar-refractivity contribution is 7.98. The highest BCUT2D eigenvalue weighted by Crippen LogP contribution is 2.11. The molecule has 4 nitrogen and oxygen atoms in total. The van der Waals surface area contributed by atoms with Crippen LogP contribution < -0.4 is 5.32 Å². The molecule has 78 valence electrons. The van der Waals surface area contributed by atoms with Crippen molar-refractivity contribution in [1.82, 2.24) is 9.97 Å². The molecule has 0 aromatic carbocycles. The molecule has 0 saturated heterocycles. The Kier molecular flexibility index (Phi) is 4.16. The molecule has 0 saturated carbocycles. The van der Waals surface area contributed by atoms with Gasteiger partial charge >= 0.3 is 0 Å². The van der Waals surface area contributed by atoms with Crippen molar-refractivity contribution in [2.75, 3.05) is 23.9 Å². The van der Waals surface area contributed by atoms with E-state index in [1.165, 1.54) is 0 Å². The molecule has 0 aliphatic rings. The summed E-state index contributed by atoms with van der Waals surface area (Å²) in [4.78, 5) is 7.97. The minimum Gasteiger partial charge on any atom is -0.387 e. The Labute approximate surface area is 88.2 Å². The zero-order valence-electron chi connectivity index (χ0n) is 8.40. The lowest BCUT2D eigenvalue weighted by Gasteiger charge is -2.22. The minimum atomic E-state index is -0.711. The highest BCUT2D eigenvalue weighted by atomic mass is 32.2. The monoisotopic (exact) mass is 213 g/mol. The Morgan fingerprint density at radius 1 is 1.57 bits per heavy atom. The normalized spacial score (nSPS) is 14.8. The smallest absolute Gasteiger partial charge is 0.144 e. The number of aromatic nitrogens is 2. The number of anilines is 1. The molecule has 1 unspecified atom stereocenters. The summed E-state index contributed by atoms with van der Waals surface area (Å²) in [5.74, 6) is 1.38. The topological polar surface area (TPSA) is 58.0 Å². The lowest BCUT2D eigenvalue weighted by molar-refractivity contribution is 0.0996. The summed E-state index contributed by atoms with van der Waals surface area (Å²) in [6.07, 6.45) is 6.84. The number of nitrogens with one attached hydrogen (secondary N) is 1. The van der Waals surface area contributed by atoms with Gasteiger partial charge in [-0.25, -0.2) is 4.98 Å². The first-order chi connectivity index (χ1) is 6.64. The number of rotatable bonds is 5. The van der Waals surface area contributed by atoms with Crippen molar-refractivity contribution in [2.45, 2.75) is 12.5 Å². The molecule has 0 aliphatic heterocycles. The average Bonchev–Trinajstić information content (AvgIpc) is 2.17. The second-order valence-corrected chi connectivity index (χ2v) is 4.24. The SMILES string of the molecule is CSCC(C)(O)CNc1cnccn1. The van der Waals surface area contributed by atoms with Crippen LogP contribution in [0.3, 0.4) is 0 Å². The van der Waals surface area contributed by atoms with E-state index in [-0.39, 0.29) is 0 Å². The van der Waals surface area contributed by atoms with E-state index in [0.717, 1.165) is 0 Å². The summed E-state index contributed by atoms with van der Waals surface area (Å²) >= 11 is 1.62. The molecule has 0 radical (unpaired) electrons. The van der Waals surface area contributed by atoms with E-state index >= 15 is 0 Å². The van der Waals surface area contributed by atoms with Gasteiger partial charge in [0.05, 0.1) is 11.8 Å². The van der Waals surface area contributed by atoms with Gasteiger partial charge in [-0.1, -0.05) is 0 Å². The maximum Gasteiger partial charge on any atom is 0.144 e. The van der Waals surface area contributed by atoms with E-state index in [4.69, 9.17) is 0 Å². The van der Waals surface area contributed by atoms with Crippen molar-refractivity contribution >= 4 is 17.6 Å². The number of hydrogen-bond donors (Lipinski definition) is 2.